The van der Waals surface area contributed by atoms with E-state index in [1.54, 1.807) is 18.2 Å². The van der Waals surface area contributed by atoms with Gasteiger partial charge in [0.2, 0.25) is 0 Å². The Hall–Kier alpha value is -3.84. The molecule has 0 N–H and O–H groups in total. The van der Waals surface area contributed by atoms with Gasteiger partial charge in [-0.2, -0.15) is 5.26 Å². The van der Waals surface area contributed by atoms with Gasteiger partial charge in [0.15, 0.2) is 5.78 Å². The number of aliphatic imine (C=N–C) groups is 1. The quantitative estimate of drug-likeness (QED) is 0.671. The largest absolute Gasteiger partial charge is 0.289 e. The molecule has 1 aliphatic carbocycles. The monoisotopic (exact) mass is 334 g/mol. The Bertz CT molecular complexity index is 1260. The second-order valence-electron chi connectivity index (χ2n) is 6.21. The van der Waals surface area contributed by atoms with Crippen molar-refractivity contribution in [3.8, 4) is 6.07 Å². The van der Waals surface area contributed by atoms with Gasteiger partial charge in [-0.3, -0.25) is 9.59 Å². The van der Waals surface area contributed by atoms with Crippen LogP contribution in [0, 0.1) is 11.3 Å². The molecule has 0 bridgehead atoms. The summed E-state index contributed by atoms with van der Waals surface area (Å²) in [6, 6.07) is 20.3. The molecule has 2 aliphatic rings. The maximum Gasteiger partial charge on any atom is 0.288 e. The van der Waals surface area contributed by atoms with E-state index in [0.29, 0.717) is 22.4 Å². The molecule has 1 heterocycles. The molecule has 1 aliphatic heterocycles. The van der Waals surface area contributed by atoms with Crippen molar-refractivity contribution in [1.29, 1.82) is 5.26 Å². The lowest BCUT2D eigenvalue weighted by atomic mass is 9.93. The standard InChI is InChI=1S/C22H10N2O2/c23-11-17-19-15-10-9-14(21(25)12-5-2-1-3-6-12)13-7-4-8-16(18(13)15)20(19)24-22(17)26/h1-10H. The molecule has 0 saturated carbocycles. The third kappa shape index (κ3) is 1.74. The van der Waals surface area contributed by atoms with Gasteiger partial charge in [-0.15, -0.1) is 0 Å². The van der Waals surface area contributed by atoms with Crippen LogP contribution in [0.5, 0.6) is 0 Å². The fourth-order valence-electron chi connectivity index (χ4n) is 3.75. The van der Waals surface area contributed by atoms with Gasteiger partial charge in [0, 0.05) is 22.3 Å². The van der Waals surface area contributed by atoms with Crippen molar-refractivity contribution >= 4 is 33.7 Å². The first-order valence-corrected chi connectivity index (χ1v) is 8.14. The maximum absolute atomic E-state index is 13.0. The Labute approximate surface area is 148 Å². The molecule has 0 unspecified atom stereocenters. The van der Waals surface area contributed by atoms with E-state index in [1.807, 2.05) is 48.5 Å². The number of carbonyl (C=O) groups is 2. The zero-order chi connectivity index (χ0) is 17.8. The normalized spacial score (nSPS) is 14.4. The number of hydrogen-bond acceptors (Lipinski definition) is 3. The molecule has 0 saturated heterocycles. The van der Waals surface area contributed by atoms with E-state index >= 15 is 0 Å². The van der Waals surface area contributed by atoms with Gasteiger partial charge >= 0.3 is 0 Å². The van der Waals surface area contributed by atoms with Crippen molar-refractivity contribution in [3.63, 3.8) is 0 Å². The zero-order valence-corrected chi connectivity index (χ0v) is 13.5. The third-order valence-electron chi connectivity index (χ3n) is 4.87. The van der Waals surface area contributed by atoms with Gasteiger partial charge < -0.3 is 0 Å². The Morgan fingerprint density at radius 3 is 2.50 bits per heavy atom. The molecule has 4 heteroatoms. The SMILES string of the molecule is N#CC1=C2C(=NC1=O)c1cccc3c(C(=O)c4ccccc4)ccc2c13. The lowest BCUT2D eigenvalue weighted by Crippen LogP contribution is -2.02. The summed E-state index contributed by atoms with van der Waals surface area (Å²) in [4.78, 5) is 29.0. The van der Waals surface area contributed by atoms with Crippen molar-refractivity contribution in [2.24, 2.45) is 4.99 Å². The topological polar surface area (TPSA) is 70.3 Å². The number of fused-ring (bicyclic) bond motifs is 3. The molecule has 120 valence electrons. The van der Waals surface area contributed by atoms with Crippen molar-refractivity contribution < 1.29 is 9.59 Å². The number of ketones is 1. The summed E-state index contributed by atoms with van der Waals surface area (Å²) in [7, 11) is 0. The van der Waals surface area contributed by atoms with Gasteiger partial charge in [-0.1, -0.05) is 54.6 Å². The minimum Gasteiger partial charge on any atom is -0.289 e. The second kappa shape index (κ2) is 5.08. The van der Waals surface area contributed by atoms with Crippen LogP contribution >= 0.6 is 0 Å². The molecule has 5 rings (SSSR count). The predicted octanol–water partition coefficient (Wildman–Crippen LogP) is 3.69. The summed E-state index contributed by atoms with van der Waals surface area (Å²) >= 11 is 0. The highest BCUT2D eigenvalue weighted by Crippen LogP contribution is 2.43. The molecule has 26 heavy (non-hydrogen) atoms. The molecule has 0 radical (unpaired) electrons. The highest BCUT2D eigenvalue weighted by Gasteiger charge is 2.36. The summed E-state index contributed by atoms with van der Waals surface area (Å²) in [6.07, 6.45) is 0. The zero-order valence-electron chi connectivity index (χ0n) is 13.5. The van der Waals surface area contributed by atoms with Crippen LogP contribution in [0.15, 0.2) is 71.2 Å². The fraction of sp³-hybridized carbons (Fsp3) is 0. The highest BCUT2D eigenvalue weighted by atomic mass is 16.1. The van der Waals surface area contributed by atoms with E-state index in [-0.39, 0.29) is 11.4 Å². The van der Waals surface area contributed by atoms with Gasteiger partial charge in [0.1, 0.15) is 11.6 Å². The Morgan fingerprint density at radius 1 is 0.923 bits per heavy atom. The van der Waals surface area contributed by atoms with E-state index in [0.717, 1.165) is 21.9 Å². The van der Waals surface area contributed by atoms with Crippen molar-refractivity contribution in [2.75, 3.05) is 0 Å². The number of rotatable bonds is 2. The lowest BCUT2D eigenvalue weighted by molar-refractivity contribution is -0.113. The lowest BCUT2D eigenvalue weighted by Gasteiger charge is -2.08. The van der Waals surface area contributed by atoms with Crippen molar-refractivity contribution in [2.45, 2.75) is 0 Å². The number of nitriles is 1. The molecule has 0 atom stereocenters. The number of nitrogens with zero attached hydrogens (tertiary/aromatic N) is 2. The van der Waals surface area contributed by atoms with Crippen LogP contribution in [0.2, 0.25) is 0 Å². The summed E-state index contributed by atoms with van der Waals surface area (Å²) in [6.45, 7) is 0. The Kier molecular flexibility index (Phi) is 2.83. The van der Waals surface area contributed by atoms with Crippen LogP contribution in [0.1, 0.15) is 27.0 Å². The molecule has 1 amide bonds. The highest BCUT2D eigenvalue weighted by molar-refractivity contribution is 6.50. The average molecular weight is 334 g/mol. The molecule has 4 nitrogen and oxygen atoms in total. The molecule has 3 aromatic rings. The molecule has 3 aromatic carbocycles. The number of benzene rings is 3. The van der Waals surface area contributed by atoms with Gasteiger partial charge in [0.25, 0.3) is 5.91 Å². The number of amides is 1. The van der Waals surface area contributed by atoms with Crippen LogP contribution in [-0.4, -0.2) is 17.4 Å². The Balaban J connectivity index is 1.82. The molecular formula is C22H10N2O2. The summed E-state index contributed by atoms with van der Waals surface area (Å²) in [5.41, 5.74) is 4.01. The summed E-state index contributed by atoms with van der Waals surface area (Å²) < 4.78 is 0. The van der Waals surface area contributed by atoms with Crippen LogP contribution in [-0.2, 0) is 4.79 Å². The summed E-state index contributed by atoms with van der Waals surface area (Å²) in [5, 5.41) is 11.0. The first-order chi connectivity index (χ1) is 12.7. The molecular weight excluding hydrogens is 324 g/mol. The number of allylic oxidation sites excluding steroid dienone is 1. The van der Waals surface area contributed by atoms with Crippen LogP contribution < -0.4 is 0 Å². The number of carbonyl (C=O) groups excluding carboxylic acids is 2. The smallest absolute Gasteiger partial charge is 0.288 e. The van der Waals surface area contributed by atoms with E-state index in [2.05, 4.69) is 4.99 Å². The van der Waals surface area contributed by atoms with Gasteiger partial charge in [0.05, 0.1) is 5.71 Å². The molecule has 0 aromatic heterocycles. The van der Waals surface area contributed by atoms with Crippen LogP contribution in [0.3, 0.4) is 0 Å². The fourth-order valence-corrected chi connectivity index (χ4v) is 3.75. The minimum absolute atomic E-state index is 0.0566. The molecule has 0 spiro atoms. The van der Waals surface area contributed by atoms with E-state index < -0.39 is 5.91 Å². The predicted molar refractivity (Wildman–Crippen MR) is 97.9 cm³/mol. The first kappa shape index (κ1) is 14.5. The van der Waals surface area contributed by atoms with E-state index in [9.17, 15) is 14.9 Å². The molecule has 0 fully saturated rings. The van der Waals surface area contributed by atoms with Crippen LogP contribution in [0.4, 0.5) is 0 Å². The minimum atomic E-state index is -0.496. The average Bonchev–Trinajstić information content (AvgIpc) is 3.17. The van der Waals surface area contributed by atoms with Gasteiger partial charge in [-0.25, -0.2) is 4.99 Å². The third-order valence-corrected chi connectivity index (χ3v) is 4.87. The maximum atomic E-state index is 13.0. The second-order valence-corrected chi connectivity index (χ2v) is 6.21. The van der Waals surface area contributed by atoms with E-state index in [1.165, 1.54) is 0 Å². The van der Waals surface area contributed by atoms with Crippen molar-refractivity contribution in [3.05, 3.63) is 88.5 Å². The van der Waals surface area contributed by atoms with Crippen molar-refractivity contribution in [1.82, 2.24) is 0 Å². The summed E-state index contributed by atoms with van der Waals surface area (Å²) in [5.74, 6) is -0.552. The Morgan fingerprint density at radius 2 is 1.73 bits per heavy atom. The first-order valence-electron chi connectivity index (χ1n) is 8.14. The number of hydrogen-bond donors (Lipinski definition) is 0. The van der Waals surface area contributed by atoms with Crippen LogP contribution in [0.25, 0.3) is 16.3 Å². The van der Waals surface area contributed by atoms with Gasteiger partial charge in [-0.05, 0) is 22.4 Å². The van der Waals surface area contributed by atoms with E-state index in [4.69, 9.17) is 0 Å².